The molecule has 0 N–H and O–H groups in total. The molecule has 0 radical (unpaired) electrons. The summed E-state index contributed by atoms with van der Waals surface area (Å²) in [4.78, 5) is 6.61. The van der Waals surface area contributed by atoms with Gasteiger partial charge in [-0.05, 0) is 24.3 Å². The molecule has 0 saturated carbocycles. The van der Waals surface area contributed by atoms with E-state index in [0.29, 0.717) is 0 Å². The van der Waals surface area contributed by atoms with E-state index >= 15 is 0 Å². The second-order valence-corrected chi connectivity index (χ2v) is 9.70. The van der Waals surface area contributed by atoms with Gasteiger partial charge in [-0.2, -0.15) is 4.58 Å². The zero-order valence-corrected chi connectivity index (χ0v) is 20.5. The molecule has 8 heteroatoms. The van der Waals surface area contributed by atoms with Gasteiger partial charge in [-0.3, -0.25) is 0 Å². The van der Waals surface area contributed by atoms with Crippen molar-refractivity contribution in [3.63, 3.8) is 0 Å². The number of anilines is 1. The van der Waals surface area contributed by atoms with Crippen LogP contribution < -0.4 is 14.4 Å². The highest BCUT2D eigenvalue weighted by molar-refractivity contribution is 8.04. The first-order valence-corrected chi connectivity index (χ1v) is 11.8. The molecule has 0 aromatic heterocycles. The van der Waals surface area contributed by atoms with Crippen LogP contribution in [0, 0.1) is 0 Å². The summed E-state index contributed by atoms with van der Waals surface area (Å²) >= 11 is 3.41. The Morgan fingerprint density at radius 3 is 2.22 bits per heavy atom. The highest BCUT2D eigenvalue weighted by Crippen LogP contribution is 2.54. The van der Waals surface area contributed by atoms with Crippen LogP contribution in [0.5, 0.6) is 11.5 Å². The number of hydrogen-bond acceptors (Lipinski definition) is 7. The molecule has 6 nitrogen and oxygen atoms in total. The molecule has 166 valence electrons. The Bertz CT molecular complexity index is 1220. The van der Waals surface area contributed by atoms with Crippen molar-refractivity contribution in [3.8, 4) is 11.5 Å². The Labute approximate surface area is 196 Å². The van der Waals surface area contributed by atoms with Crippen LogP contribution in [0.3, 0.4) is 0 Å². The van der Waals surface area contributed by atoms with Crippen LogP contribution in [0.25, 0.3) is 0 Å². The van der Waals surface area contributed by atoms with Crippen LogP contribution in [-0.2, 0) is 9.47 Å². The van der Waals surface area contributed by atoms with E-state index in [-0.39, 0.29) is 6.10 Å². The Morgan fingerprint density at radius 1 is 0.875 bits per heavy atom. The van der Waals surface area contributed by atoms with Gasteiger partial charge in [0, 0.05) is 31.2 Å². The van der Waals surface area contributed by atoms with Gasteiger partial charge >= 0.3 is 0 Å². The van der Waals surface area contributed by atoms with Crippen LogP contribution in [0.15, 0.2) is 67.5 Å². The van der Waals surface area contributed by atoms with E-state index in [1.165, 1.54) is 0 Å². The summed E-state index contributed by atoms with van der Waals surface area (Å²) in [5, 5.41) is 0. The first-order valence-electron chi connectivity index (χ1n) is 10.1. The van der Waals surface area contributed by atoms with Gasteiger partial charge < -0.3 is 23.8 Å². The van der Waals surface area contributed by atoms with Crippen LogP contribution in [0.1, 0.15) is 0 Å². The van der Waals surface area contributed by atoms with Crippen molar-refractivity contribution in [2.45, 2.75) is 15.9 Å². The fraction of sp³-hybridized carbons (Fsp3) is 0.292. The summed E-state index contributed by atoms with van der Waals surface area (Å²) in [6.45, 7) is 0. The van der Waals surface area contributed by atoms with E-state index in [0.717, 1.165) is 59.6 Å². The lowest BCUT2D eigenvalue weighted by molar-refractivity contribution is -0.411. The minimum Gasteiger partial charge on any atom is -0.497 e. The number of hydrogen-bond donors (Lipinski definition) is 0. The fourth-order valence-corrected chi connectivity index (χ4v) is 7.09. The maximum Gasteiger partial charge on any atom is 0.233 e. The topological polar surface area (TPSA) is 43.2 Å². The lowest BCUT2D eigenvalue weighted by Gasteiger charge is -2.39. The van der Waals surface area contributed by atoms with Crippen molar-refractivity contribution in [2.75, 3.05) is 47.4 Å². The number of fused-ring (bicyclic) bond motifs is 3. The monoisotopic (exact) mass is 469 g/mol. The van der Waals surface area contributed by atoms with Crippen LogP contribution in [-0.4, -0.2) is 58.9 Å². The molecule has 2 aromatic rings. The number of thioether (sulfide) groups is 2. The van der Waals surface area contributed by atoms with Gasteiger partial charge in [-0.15, -0.1) is 0 Å². The number of methoxy groups -OCH3 is 4. The van der Waals surface area contributed by atoms with Gasteiger partial charge in [0.1, 0.15) is 23.5 Å². The first-order chi connectivity index (χ1) is 15.5. The Hall–Kier alpha value is -2.55. The number of ether oxygens (including phenoxy) is 4. The summed E-state index contributed by atoms with van der Waals surface area (Å²) in [5.41, 5.74) is 4.34. The average molecular weight is 470 g/mol. The van der Waals surface area contributed by atoms with Gasteiger partial charge in [-0.1, -0.05) is 23.5 Å². The average Bonchev–Trinajstić information content (AvgIpc) is 2.82. The summed E-state index contributed by atoms with van der Waals surface area (Å²) in [5.74, 6) is 2.52. The smallest absolute Gasteiger partial charge is 0.233 e. The number of benzene rings is 2. The van der Waals surface area contributed by atoms with E-state index < -0.39 is 0 Å². The van der Waals surface area contributed by atoms with Crippen molar-refractivity contribution in [1.29, 1.82) is 0 Å². The third-order valence-electron chi connectivity index (χ3n) is 6.00. The third-order valence-corrected chi connectivity index (χ3v) is 8.32. The lowest BCUT2D eigenvalue weighted by atomic mass is 10.0. The van der Waals surface area contributed by atoms with Gasteiger partial charge in [0.05, 0.1) is 42.5 Å². The standard InChI is InChI=1S/C24H25N2O4S2/c1-25-15-9-7-13(27-3)11-17(15)31-23-19(25)21(29-5)24-20(22(23)30-6)26(2)16-10-8-14(28-4)12-18(16)32-24/h7-12,21H,1-6H3/q+1. The molecule has 1 unspecified atom stereocenters. The van der Waals surface area contributed by atoms with E-state index in [1.54, 1.807) is 52.0 Å². The second-order valence-electron chi connectivity index (χ2n) is 7.57. The summed E-state index contributed by atoms with van der Waals surface area (Å²) < 4.78 is 25.3. The van der Waals surface area contributed by atoms with E-state index in [1.807, 2.05) is 12.1 Å². The minimum atomic E-state index is -0.224. The molecular formula is C24H25N2O4S2+. The molecular weight excluding hydrogens is 444 g/mol. The highest BCUT2D eigenvalue weighted by atomic mass is 32.2. The molecule has 5 rings (SSSR count). The largest absolute Gasteiger partial charge is 0.497 e. The summed E-state index contributed by atoms with van der Waals surface area (Å²) in [7, 11) is 11.0. The SMILES string of the molecule is COC1=C2Sc3cc(OC)ccc3[N+](C)=C2C(OC)C2=C1N(C)c1ccc(OC)cc1S2. The Kier molecular flexibility index (Phi) is 5.39. The summed E-state index contributed by atoms with van der Waals surface area (Å²) in [6.07, 6.45) is -0.224. The van der Waals surface area contributed by atoms with Gasteiger partial charge in [0.25, 0.3) is 0 Å². The Balaban J connectivity index is 1.73. The molecule has 0 spiro atoms. The molecule has 2 aliphatic heterocycles. The molecule has 2 aromatic carbocycles. The van der Waals surface area contributed by atoms with Crippen LogP contribution in [0.2, 0.25) is 0 Å². The molecule has 0 amide bonds. The van der Waals surface area contributed by atoms with Crippen LogP contribution in [0.4, 0.5) is 11.4 Å². The van der Waals surface area contributed by atoms with Crippen molar-refractivity contribution in [3.05, 3.63) is 57.7 Å². The van der Waals surface area contributed by atoms with E-state index in [9.17, 15) is 0 Å². The maximum absolute atomic E-state index is 6.13. The van der Waals surface area contributed by atoms with Crippen molar-refractivity contribution >= 4 is 40.6 Å². The van der Waals surface area contributed by atoms with Gasteiger partial charge in [-0.25, -0.2) is 0 Å². The molecule has 0 fully saturated rings. The molecule has 3 aliphatic rings. The highest BCUT2D eigenvalue weighted by Gasteiger charge is 2.47. The predicted molar refractivity (Wildman–Crippen MR) is 129 cm³/mol. The lowest BCUT2D eigenvalue weighted by Crippen LogP contribution is -2.41. The van der Waals surface area contributed by atoms with E-state index in [4.69, 9.17) is 18.9 Å². The molecule has 0 bridgehead atoms. The van der Waals surface area contributed by atoms with Crippen molar-refractivity contribution in [1.82, 2.24) is 0 Å². The maximum atomic E-state index is 6.13. The van der Waals surface area contributed by atoms with Gasteiger partial charge in [0.15, 0.2) is 11.9 Å². The Morgan fingerprint density at radius 2 is 1.56 bits per heavy atom. The molecule has 1 atom stereocenters. The normalized spacial score (nSPS) is 19.3. The zero-order chi connectivity index (χ0) is 22.6. The van der Waals surface area contributed by atoms with E-state index in [2.05, 4.69) is 47.8 Å². The zero-order valence-electron chi connectivity index (χ0n) is 18.9. The van der Waals surface area contributed by atoms with Gasteiger partial charge in [0.2, 0.25) is 11.4 Å². The minimum absolute atomic E-state index is 0.224. The number of likely N-dealkylation sites (N-methyl/N-ethyl adjacent to an activating group) is 1. The van der Waals surface area contributed by atoms with Crippen molar-refractivity contribution in [2.24, 2.45) is 0 Å². The summed E-state index contributed by atoms with van der Waals surface area (Å²) in [6, 6.07) is 12.3. The third kappa shape index (κ3) is 3.04. The molecule has 0 saturated heterocycles. The number of rotatable bonds is 4. The fourth-order valence-electron chi connectivity index (χ4n) is 4.40. The predicted octanol–water partition coefficient (Wildman–Crippen LogP) is 4.86. The molecule has 32 heavy (non-hydrogen) atoms. The molecule has 2 heterocycles. The number of nitrogens with zero attached hydrogens (tertiary/aromatic N) is 2. The first kappa shape index (κ1) is 21.3. The van der Waals surface area contributed by atoms with Crippen LogP contribution >= 0.6 is 23.5 Å². The van der Waals surface area contributed by atoms with Crippen molar-refractivity contribution < 1.29 is 23.5 Å². The second kappa shape index (κ2) is 8.10. The molecule has 1 aliphatic carbocycles. The quantitative estimate of drug-likeness (QED) is 0.592.